The molecule has 0 aliphatic carbocycles. The number of alkyl halides is 3. The fraction of sp³-hybridized carbons (Fsp3) is 0.250. The van der Waals surface area contributed by atoms with Gasteiger partial charge in [-0.05, 0) is 29.8 Å². The normalized spacial score (nSPS) is 11.5. The molecule has 3 rings (SSSR count). The Morgan fingerprint density at radius 2 is 1.76 bits per heavy atom. The van der Waals surface area contributed by atoms with Crippen LogP contribution >= 0.6 is 0 Å². The van der Waals surface area contributed by atoms with Crippen molar-refractivity contribution in [1.29, 1.82) is 0 Å². The molecule has 0 fully saturated rings. The van der Waals surface area contributed by atoms with E-state index in [1.807, 2.05) is 0 Å². The number of carbonyl (C=O) groups is 2. The van der Waals surface area contributed by atoms with Crippen LogP contribution in [0.15, 0.2) is 48.5 Å². The molecule has 0 aliphatic heterocycles. The highest BCUT2D eigenvalue weighted by molar-refractivity contribution is 5.94. The molecular weight excluding hydrogens is 385 g/mol. The summed E-state index contributed by atoms with van der Waals surface area (Å²) < 4.78 is 41.0. The number of aromatic nitrogens is 2. The van der Waals surface area contributed by atoms with E-state index in [0.717, 1.165) is 10.1 Å². The minimum Gasteiger partial charge on any atom is -0.355 e. The van der Waals surface area contributed by atoms with Gasteiger partial charge in [-0.15, -0.1) is 0 Å². The van der Waals surface area contributed by atoms with Gasteiger partial charge in [-0.1, -0.05) is 24.3 Å². The van der Waals surface area contributed by atoms with Gasteiger partial charge in [-0.2, -0.15) is 13.2 Å². The van der Waals surface area contributed by atoms with Crippen molar-refractivity contribution in [2.75, 3.05) is 14.1 Å². The van der Waals surface area contributed by atoms with Crippen molar-refractivity contribution >= 4 is 22.8 Å². The van der Waals surface area contributed by atoms with Crippen molar-refractivity contribution in [3.05, 3.63) is 65.5 Å². The lowest BCUT2D eigenvalue weighted by molar-refractivity contribution is -0.148. The molecular formula is C20H19F3N4O2. The number of hydrogen-bond donors (Lipinski definition) is 1. The highest BCUT2D eigenvalue weighted by atomic mass is 19.4. The molecule has 3 aromatic rings. The zero-order chi connectivity index (χ0) is 21.2. The van der Waals surface area contributed by atoms with Gasteiger partial charge in [-0.25, -0.2) is 4.98 Å². The van der Waals surface area contributed by atoms with E-state index in [4.69, 9.17) is 0 Å². The van der Waals surface area contributed by atoms with E-state index in [1.54, 1.807) is 36.4 Å². The molecule has 2 amide bonds. The third kappa shape index (κ3) is 4.39. The largest absolute Gasteiger partial charge is 0.449 e. The molecule has 0 unspecified atom stereocenters. The van der Waals surface area contributed by atoms with Crippen molar-refractivity contribution in [3.63, 3.8) is 0 Å². The quantitative estimate of drug-likeness (QED) is 0.711. The van der Waals surface area contributed by atoms with Gasteiger partial charge < -0.3 is 14.8 Å². The maximum absolute atomic E-state index is 13.4. The second-order valence-corrected chi connectivity index (χ2v) is 6.53. The maximum atomic E-state index is 13.4. The first kappa shape index (κ1) is 20.4. The number of likely N-dealkylation sites (N-methyl/N-ethyl adjacent to an activating group) is 1. The molecule has 1 heterocycles. The van der Waals surface area contributed by atoms with Gasteiger partial charge in [0.15, 0.2) is 0 Å². The second kappa shape index (κ2) is 7.94. The van der Waals surface area contributed by atoms with Gasteiger partial charge >= 0.3 is 6.18 Å². The first-order valence-corrected chi connectivity index (χ1v) is 8.78. The topological polar surface area (TPSA) is 67.2 Å². The van der Waals surface area contributed by atoms with Crippen molar-refractivity contribution < 1.29 is 22.8 Å². The summed E-state index contributed by atoms with van der Waals surface area (Å²) in [5, 5.41) is 2.51. The third-order valence-corrected chi connectivity index (χ3v) is 4.49. The molecule has 29 heavy (non-hydrogen) atoms. The number of imidazole rings is 1. The van der Waals surface area contributed by atoms with Crippen molar-refractivity contribution in [2.45, 2.75) is 19.3 Å². The number of nitrogens with zero attached hydrogens (tertiary/aromatic N) is 3. The molecule has 6 nitrogen and oxygen atoms in total. The molecule has 0 saturated heterocycles. The number of rotatable bonds is 5. The van der Waals surface area contributed by atoms with E-state index in [2.05, 4.69) is 10.3 Å². The van der Waals surface area contributed by atoms with Crippen LogP contribution in [0.3, 0.4) is 0 Å². The van der Waals surface area contributed by atoms with Crippen LogP contribution in [-0.2, 0) is 24.1 Å². The Kier molecular flexibility index (Phi) is 5.58. The summed E-state index contributed by atoms with van der Waals surface area (Å²) in [7, 11) is 3.04. The van der Waals surface area contributed by atoms with Gasteiger partial charge in [0.1, 0.15) is 6.54 Å². The van der Waals surface area contributed by atoms with Gasteiger partial charge in [0.25, 0.3) is 5.91 Å². The maximum Gasteiger partial charge on any atom is 0.449 e. The van der Waals surface area contributed by atoms with Crippen molar-refractivity contribution in [2.24, 2.45) is 0 Å². The van der Waals surface area contributed by atoms with E-state index in [0.29, 0.717) is 5.56 Å². The fourth-order valence-electron chi connectivity index (χ4n) is 2.98. The Morgan fingerprint density at radius 3 is 2.38 bits per heavy atom. The van der Waals surface area contributed by atoms with Crippen LogP contribution in [0.2, 0.25) is 0 Å². The van der Waals surface area contributed by atoms with Gasteiger partial charge in [0.2, 0.25) is 11.7 Å². The fourth-order valence-corrected chi connectivity index (χ4v) is 2.98. The predicted octanol–water partition coefficient (Wildman–Crippen LogP) is 3.07. The van der Waals surface area contributed by atoms with E-state index in [-0.39, 0.29) is 23.5 Å². The lowest BCUT2D eigenvalue weighted by Crippen LogP contribution is -2.31. The smallest absolute Gasteiger partial charge is 0.355 e. The zero-order valence-corrected chi connectivity index (χ0v) is 15.8. The number of fused-ring (bicyclic) bond motifs is 1. The van der Waals surface area contributed by atoms with E-state index >= 15 is 0 Å². The van der Waals surface area contributed by atoms with E-state index < -0.39 is 24.5 Å². The first-order chi connectivity index (χ1) is 13.7. The lowest BCUT2D eigenvalue weighted by Gasteiger charge is -2.19. The van der Waals surface area contributed by atoms with Gasteiger partial charge in [0.05, 0.1) is 11.0 Å². The summed E-state index contributed by atoms with van der Waals surface area (Å²) in [5.74, 6) is -1.82. The number of hydrogen-bond acceptors (Lipinski definition) is 3. The van der Waals surface area contributed by atoms with Crippen molar-refractivity contribution in [3.8, 4) is 0 Å². The molecule has 0 atom stereocenters. The summed E-state index contributed by atoms with van der Waals surface area (Å²) in [6.45, 7) is -0.289. The minimum atomic E-state index is -4.67. The van der Waals surface area contributed by atoms with Crippen molar-refractivity contribution in [1.82, 2.24) is 19.8 Å². The van der Waals surface area contributed by atoms with Crippen LogP contribution in [0, 0.1) is 0 Å². The summed E-state index contributed by atoms with van der Waals surface area (Å²) >= 11 is 0. The molecule has 0 aliphatic rings. The number of nitrogens with one attached hydrogen (secondary N) is 1. The number of para-hydroxylation sites is 2. The molecule has 0 saturated carbocycles. The Balaban J connectivity index is 1.79. The van der Waals surface area contributed by atoms with Gasteiger partial charge in [0, 0.05) is 26.2 Å². The molecule has 0 bridgehead atoms. The standard InChI is InChI=1S/C20H19F3N4O2/c1-24-18(29)14-9-7-13(8-10-14)11-26(2)17(28)12-27-16-6-4-3-5-15(16)25-19(27)20(21,22)23/h3-10H,11-12H2,1-2H3,(H,24,29). The Morgan fingerprint density at radius 1 is 1.10 bits per heavy atom. The molecule has 0 radical (unpaired) electrons. The minimum absolute atomic E-state index is 0.181. The van der Waals surface area contributed by atoms with Gasteiger partial charge in [-0.3, -0.25) is 9.59 Å². The van der Waals surface area contributed by atoms with E-state index in [9.17, 15) is 22.8 Å². The summed E-state index contributed by atoms with van der Waals surface area (Å²) in [6.07, 6.45) is -4.67. The van der Waals surface area contributed by atoms with Crippen LogP contribution in [-0.4, -0.2) is 40.4 Å². The second-order valence-electron chi connectivity index (χ2n) is 6.53. The molecule has 1 N–H and O–H groups in total. The zero-order valence-electron chi connectivity index (χ0n) is 15.8. The van der Waals surface area contributed by atoms with Crippen LogP contribution in [0.4, 0.5) is 13.2 Å². The monoisotopic (exact) mass is 404 g/mol. The number of carbonyl (C=O) groups excluding carboxylic acids is 2. The third-order valence-electron chi connectivity index (χ3n) is 4.49. The molecule has 152 valence electrons. The first-order valence-electron chi connectivity index (χ1n) is 8.78. The van der Waals surface area contributed by atoms with E-state index in [1.165, 1.54) is 31.1 Å². The lowest BCUT2D eigenvalue weighted by atomic mass is 10.1. The average molecular weight is 404 g/mol. The Bertz CT molecular complexity index is 1040. The van der Waals surface area contributed by atoms with Crippen LogP contribution in [0.25, 0.3) is 11.0 Å². The van der Waals surface area contributed by atoms with Crippen LogP contribution in [0.1, 0.15) is 21.7 Å². The molecule has 0 spiro atoms. The molecule has 2 aromatic carbocycles. The van der Waals surface area contributed by atoms with Crippen LogP contribution < -0.4 is 5.32 Å². The highest BCUT2D eigenvalue weighted by Gasteiger charge is 2.38. The highest BCUT2D eigenvalue weighted by Crippen LogP contribution is 2.31. The number of amides is 2. The molecule has 9 heteroatoms. The number of benzene rings is 2. The predicted molar refractivity (Wildman–Crippen MR) is 101 cm³/mol. The SMILES string of the molecule is CNC(=O)c1ccc(CN(C)C(=O)Cn2c(C(F)(F)F)nc3ccccc32)cc1. The summed E-state index contributed by atoms with van der Waals surface area (Å²) in [4.78, 5) is 29.2. The van der Waals surface area contributed by atoms with Crippen LogP contribution in [0.5, 0.6) is 0 Å². The molecule has 1 aromatic heterocycles. The summed E-state index contributed by atoms with van der Waals surface area (Å²) in [6, 6.07) is 12.8. The number of halogens is 3. The Labute approximate surface area is 164 Å². The summed E-state index contributed by atoms with van der Waals surface area (Å²) in [5.41, 5.74) is 1.65. The average Bonchev–Trinajstić information content (AvgIpc) is 3.07. The Hall–Kier alpha value is -3.36.